The van der Waals surface area contributed by atoms with E-state index in [2.05, 4.69) is 197 Å². The highest BCUT2D eigenvalue weighted by Gasteiger charge is 2.29. The molecule has 12 aromatic rings. The number of hydrogen-bond donors (Lipinski definition) is 0. The maximum atomic E-state index is 5.39. The fourth-order valence-electron chi connectivity index (χ4n) is 9.51. The van der Waals surface area contributed by atoms with E-state index < -0.39 is 0 Å². The van der Waals surface area contributed by atoms with E-state index in [-0.39, 0.29) is 0 Å². The molecule has 0 fully saturated rings. The molecule has 5 nitrogen and oxygen atoms in total. The van der Waals surface area contributed by atoms with Crippen LogP contribution in [-0.4, -0.2) is 24.1 Å². The molecule has 58 heavy (non-hydrogen) atoms. The van der Waals surface area contributed by atoms with Gasteiger partial charge in [-0.15, -0.1) is 0 Å². The van der Waals surface area contributed by atoms with E-state index in [1.54, 1.807) is 0 Å². The van der Waals surface area contributed by atoms with Crippen molar-refractivity contribution in [3.05, 3.63) is 188 Å². The number of hydrogen-bond acceptors (Lipinski definition) is 3. The van der Waals surface area contributed by atoms with Crippen LogP contribution in [-0.2, 0) is 0 Å². The maximum Gasteiger partial charge on any atom is 0.238 e. The Morgan fingerprint density at radius 2 is 0.879 bits per heavy atom. The van der Waals surface area contributed by atoms with Crippen LogP contribution in [0.3, 0.4) is 0 Å². The number of nitrogens with zero attached hydrogens (tertiary/aromatic N) is 5. The zero-order valence-corrected chi connectivity index (χ0v) is 31.1. The third kappa shape index (κ3) is 4.38. The van der Waals surface area contributed by atoms with Gasteiger partial charge in [0.05, 0.1) is 27.8 Å². The molecule has 0 saturated carbocycles. The maximum absolute atomic E-state index is 5.39. The van der Waals surface area contributed by atoms with Gasteiger partial charge in [0.25, 0.3) is 0 Å². The number of benzene rings is 9. The lowest BCUT2D eigenvalue weighted by Crippen LogP contribution is -2.06. The highest BCUT2D eigenvalue weighted by Crippen LogP contribution is 2.51. The van der Waals surface area contributed by atoms with E-state index in [1.165, 1.54) is 65.9 Å². The van der Waals surface area contributed by atoms with Crippen molar-refractivity contribution in [1.82, 2.24) is 24.1 Å². The van der Waals surface area contributed by atoms with Gasteiger partial charge in [0, 0.05) is 43.8 Å². The van der Waals surface area contributed by atoms with Crippen molar-refractivity contribution in [3.8, 4) is 56.7 Å². The summed E-state index contributed by atoms with van der Waals surface area (Å²) in [6.07, 6.45) is 0. The summed E-state index contributed by atoms with van der Waals surface area (Å²) in [7, 11) is 0. The Morgan fingerprint density at radius 3 is 1.57 bits per heavy atom. The average molecular weight is 738 g/mol. The Labute approximate surface area is 332 Å². The van der Waals surface area contributed by atoms with E-state index in [9.17, 15) is 0 Å². The second-order valence-electron chi connectivity index (χ2n) is 15.2. The van der Waals surface area contributed by atoms with Crippen molar-refractivity contribution in [2.24, 2.45) is 0 Å². The predicted molar refractivity (Wildman–Crippen MR) is 239 cm³/mol. The second-order valence-corrected chi connectivity index (χ2v) is 15.2. The fraction of sp³-hybridized carbons (Fsp3) is 0. The van der Waals surface area contributed by atoms with E-state index >= 15 is 0 Å². The van der Waals surface area contributed by atoms with Gasteiger partial charge in [-0.25, -0.2) is 4.98 Å². The van der Waals surface area contributed by atoms with Gasteiger partial charge in [0.15, 0.2) is 11.6 Å². The quantitative estimate of drug-likeness (QED) is 0.181. The average Bonchev–Trinajstić information content (AvgIpc) is 3.76. The predicted octanol–water partition coefficient (Wildman–Crippen LogP) is 13.4. The minimum Gasteiger partial charge on any atom is -0.308 e. The molecular formula is C53H31N5. The summed E-state index contributed by atoms with van der Waals surface area (Å²) in [5, 5.41) is 9.34. The molecule has 3 aromatic heterocycles. The molecule has 268 valence electrons. The summed E-state index contributed by atoms with van der Waals surface area (Å²) in [6.45, 7) is 0. The van der Waals surface area contributed by atoms with Crippen LogP contribution in [0.1, 0.15) is 0 Å². The molecular weight excluding hydrogens is 707 g/mol. The van der Waals surface area contributed by atoms with Crippen LogP contribution in [0.2, 0.25) is 0 Å². The molecule has 9 aromatic carbocycles. The van der Waals surface area contributed by atoms with Gasteiger partial charge < -0.3 is 4.57 Å². The van der Waals surface area contributed by atoms with Gasteiger partial charge in [-0.05, 0) is 69.1 Å². The SMILES string of the molecule is c1ccc2c(c1)-c1ccccc1-n1c3ccccc3c3cc4c(c-2c31)c1ccccc1n4-c1nc(-c2ccc3ccccc3c2)nc(-c2ccc3ccccc3c2)n1. The monoisotopic (exact) mass is 737 g/mol. The van der Waals surface area contributed by atoms with Crippen LogP contribution in [0.25, 0.3) is 122 Å². The molecule has 0 atom stereocenters. The van der Waals surface area contributed by atoms with Crippen molar-refractivity contribution in [1.29, 1.82) is 0 Å². The largest absolute Gasteiger partial charge is 0.308 e. The standard InChI is InChI=1S/C53H31N5/c1-3-15-34-29-36(27-25-32(34)13-1)51-54-52(37-28-26-33-14-2-4-16-35(33)30-37)56-53(55-51)58-46-24-12-9-21-42(46)48-47(58)31-43-40-19-8-11-23-45(40)57-44-22-10-7-18-39(44)38-17-5-6-20-41(38)49(48)50(43)57/h1-31H. The van der Waals surface area contributed by atoms with Crippen LogP contribution < -0.4 is 0 Å². The molecule has 1 aliphatic heterocycles. The first-order valence-corrected chi connectivity index (χ1v) is 19.7. The normalized spacial score (nSPS) is 12.1. The van der Waals surface area contributed by atoms with Crippen molar-refractivity contribution in [3.63, 3.8) is 0 Å². The molecule has 0 spiro atoms. The number of para-hydroxylation sites is 3. The topological polar surface area (TPSA) is 48.5 Å². The van der Waals surface area contributed by atoms with E-state index in [4.69, 9.17) is 15.0 Å². The molecule has 0 amide bonds. The summed E-state index contributed by atoms with van der Waals surface area (Å²) in [5.74, 6) is 1.83. The van der Waals surface area contributed by atoms with Crippen molar-refractivity contribution >= 4 is 65.2 Å². The van der Waals surface area contributed by atoms with Gasteiger partial charge >= 0.3 is 0 Å². The molecule has 1 aliphatic rings. The molecule has 0 aliphatic carbocycles. The smallest absolute Gasteiger partial charge is 0.238 e. The second kappa shape index (κ2) is 11.8. The summed E-state index contributed by atoms with van der Waals surface area (Å²) < 4.78 is 4.75. The Kier molecular flexibility index (Phi) is 6.38. The van der Waals surface area contributed by atoms with E-state index in [0.29, 0.717) is 17.6 Å². The minimum atomic E-state index is 0.577. The molecule has 0 N–H and O–H groups in total. The molecule has 0 radical (unpaired) electrons. The zero-order chi connectivity index (χ0) is 37.9. The first-order valence-electron chi connectivity index (χ1n) is 19.7. The Hall–Kier alpha value is -7.89. The molecule has 5 heteroatoms. The van der Waals surface area contributed by atoms with Crippen molar-refractivity contribution in [2.75, 3.05) is 0 Å². The lowest BCUT2D eigenvalue weighted by atomic mass is 9.91. The molecule has 4 heterocycles. The zero-order valence-electron chi connectivity index (χ0n) is 31.1. The van der Waals surface area contributed by atoms with Crippen molar-refractivity contribution < 1.29 is 0 Å². The third-order valence-electron chi connectivity index (χ3n) is 12.1. The molecule has 13 rings (SSSR count). The van der Waals surface area contributed by atoms with Gasteiger partial charge in [-0.2, -0.15) is 9.97 Å². The van der Waals surface area contributed by atoms with E-state index in [0.717, 1.165) is 38.3 Å². The summed E-state index contributed by atoms with van der Waals surface area (Å²) in [6, 6.07) is 67.4. The molecule has 0 unspecified atom stereocenters. The molecule has 0 bridgehead atoms. The van der Waals surface area contributed by atoms with Crippen LogP contribution >= 0.6 is 0 Å². The first-order chi connectivity index (χ1) is 28.8. The van der Waals surface area contributed by atoms with Crippen molar-refractivity contribution in [2.45, 2.75) is 0 Å². The lowest BCUT2D eigenvalue weighted by molar-refractivity contribution is 0.954. The highest BCUT2D eigenvalue weighted by molar-refractivity contribution is 6.28. The number of aromatic nitrogens is 5. The third-order valence-corrected chi connectivity index (χ3v) is 12.1. The van der Waals surface area contributed by atoms with Crippen LogP contribution in [0.15, 0.2) is 188 Å². The Bertz CT molecular complexity index is 3600. The lowest BCUT2D eigenvalue weighted by Gasteiger charge is -2.13. The van der Waals surface area contributed by atoms with Gasteiger partial charge in [0.1, 0.15) is 0 Å². The number of rotatable bonds is 3. The Morgan fingerprint density at radius 1 is 0.345 bits per heavy atom. The number of fused-ring (bicyclic) bond motifs is 14. The van der Waals surface area contributed by atoms with Crippen LogP contribution in [0.4, 0.5) is 0 Å². The summed E-state index contributed by atoms with van der Waals surface area (Å²) in [4.78, 5) is 16.0. The van der Waals surface area contributed by atoms with E-state index in [1.807, 2.05) is 0 Å². The molecule has 0 saturated heterocycles. The first kappa shape index (κ1) is 31.3. The van der Waals surface area contributed by atoms with Gasteiger partial charge in [-0.3, -0.25) is 4.57 Å². The highest BCUT2D eigenvalue weighted by atomic mass is 15.2. The van der Waals surface area contributed by atoms with Crippen LogP contribution in [0.5, 0.6) is 0 Å². The van der Waals surface area contributed by atoms with Gasteiger partial charge in [0.2, 0.25) is 5.95 Å². The summed E-state index contributed by atoms with van der Waals surface area (Å²) in [5.41, 5.74) is 12.4. The Balaban J connectivity index is 1.19. The fourth-order valence-corrected chi connectivity index (χ4v) is 9.51. The van der Waals surface area contributed by atoms with Crippen LogP contribution in [0, 0.1) is 0 Å². The summed E-state index contributed by atoms with van der Waals surface area (Å²) >= 11 is 0. The minimum absolute atomic E-state index is 0.577. The van der Waals surface area contributed by atoms with Gasteiger partial charge in [-0.1, -0.05) is 152 Å².